The summed E-state index contributed by atoms with van der Waals surface area (Å²) in [7, 11) is 0. The number of rotatable bonds is 6. The maximum atomic E-state index is 13.0. The molecule has 0 radical (unpaired) electrons. The first-order chi connectivity index (χ1) is 8.42. The van der Waals surface area contributed by atoms with Crippen LogP contribution < -0.4 is 5.73 Å². The van der Waals surface area contributed by atoms with E-state index in [1.807, 2.05) is 0 Å². The van der Waals surface area contributed by atoms with E-state index in [1.165, 1.54) is 12.1 Å². The summed E-state index contributed by atoms with van der Waals surface area (Å²) in [6.45, 7) is 0.295. The quantitative estimate of drug-likeness (QED) is 0.633. The van der Waals surface area contributed by atoms with Crippen molar-refractivity contribution in [1.82, 2.24) is 0 Å². The fraction of sp³-hybridized carbons (Fsp3) is 0.500. The molecule has 0 fully saturated rings. The van der Waals surface area contributed by atoms with E-state index >= 15 is 0 Å². The van der Waals surface area contributed by atoms with Crippen LogP contribution >= 0.6 is 0 Å². The highest BCUT2D eigenvalue weighted by molar-refractivity contribution is 5.27. The first-order valence-corrected chi connectivity index (χ1v) is 5.54. The Balaban J connectivity index is 2.37. The predicted molar refractivity (Wildman–Crippen MR) is 59.2 cm³/mol. The van der Waals surface area contributed by atoms with Crippen LogP contribution in [0.3, 0.4) is 0 Å². The Hall–Kier alpha value is -1.14. The summed E-state index contributed by atoms with van der Waals surface area (Å²) in [6, 6.07) is 4.12. The van der Waals surface area contributed by atoms with Crippen LogP contribution in [0.25, 0.3) is 0 Å². The fourth-order valence-corrected chi connectivity index (χ4v) is 1.48. The van der Waals surface area contributed by atoms with Gasteiger partial charge in [0.25, 0.3) is 0 Å². The molecule has 6 heteroatoms. The third-order valence-electron chi connectivity index (χ3n) is 2.39. The third-order valence-corrected chi connectivity index (χ3v) is 2.39. The molecule has 2 N–H and O–H groups in total. The van der Waals surface area contributed by atoms with Crippen molar-refractivity contribution in [1.29, 1.82) is 0 Å². The van der Waals surface area contributed by atoms with Crippen molar-refractivity contribution in [3.63, 3.8) is 0 Å². The molecule has 0 heterocycles. The van der Waals surface area contributed by atoms with Crippen LogP contribution in [-0.4, -0.2) is 12.8 Å². The van der Waals surface area contributed by atoms with Gasteiger partial charge in [-0.25, -0.2) is 4.39 Å². The minimum atomic E-state index is -4.16. The molecule has 0 bridgehead atoms. The van der Waals surface area contributed by atoms with Crippen molar-refractivity contribution >= 4 is 0 Å². The molecule has 0 aliphatic carbocycles. The summed E-state index contributed by atoms with van der Waals surface area (Å²) >= 11 is 0. The number of benzene rings is 1. The van der Waals surface area contributed by atoms with E-state index in [2.05, 4.69) is 0 Å². The summed E-state index contributed by atoms with van der Waals surface area (Å²) in [5.41, 5.74) is 6.76. The lowest BCUT2D eigenvalue weighted by molar-refractivity contribution is -0.138. The number of nitrogens with two attached hydrogens (primary N) is 1. The molecule has 1 aromatic carbocycles. The van der Waals surface area contributed by atoms with Crippen LogP contribution in [0.15, 0.2) is 18.2 Å². The molecule has 0 amide bonds. The Morgan fingerprint density at radius 2 is 1.89 bits per heavy atom. The molecular formula is C12H15F4NO. The Kier molecular flexibility index (Phi) is 5.55. The molecular weight excluding hydrogens is 250 g/mol. The Labute approximate surface area is 103 Å². The lowest BCUT2D eigenvalue weighted by Gasteiger charge is -2.10. The van der Waals surface area contributed by atoms with Crippen LogP contribution in [-0.2, 0) is 17.9 Å². The van der Waals surface area contributed by atoms with E-state index in [4.69, 9.17) is 10.5 Å². The lowest BCUT2D eigenvalue weighted by atomic mass is 10.1. The highest BCUT2D eigenvalue weighted by atomic mass is 19.4. The van der Waals surface area contributed by atoms with E-state index in [0.717, 1.165) is 5.56 Å². The molecule has 0 spiro atoms. The van der Waals surface area contributed by atoms with Gasteiger partial charge in [0.15, 0.2) is 0 Å². The summed E-state index contributed by atoms with van der Waals surface area (Å²) in [6.07, 6.45) is -5.14. The van der Waals surface area contributed by atoms with Gasteiger partial charge in [-0.15, -0.1) is 0 Å². The molecule has 18 heavy (non-hydrogen) atoms. The zero-order chi connectivity index (χ0) is 13.6. The largest absolute Gasteiger partial charge is 0.389 e. The van der Waals surface area contributed by atoms with Gasteiger partial charge in [-0.1, -0.05) is 6.07 Å². The van der Waals surface area contributed by atoms with E-state index in [-0.39, 0.29) is 26.2 Å². The van der Waals surface area contributed by atoms with Crippen LogP contribution in [0.5, 0.6) is 0 Å². The summed E-state index contributed by atoms with van der Waals surface area (Å²) in [5, 5.41) is 0. The zero-order valence-corrected chi connectivity index (χ0v) is 9.77. The van der Waals surface area contributed by atoms with Gasteiger partial charge < -0.3 is 10.5 Å². The normalized spacial score (nSPS) is 11.8. The van der Waals surface area contributed by atoms with E-state index in [1.54, 1.807) is 6.07 Å². The fourth-order valence-electron chi connectivity index (χ4n) is 1.48. The molecule has 0 saturated heterocycles. The van der Waals surface area contributed by atoms with Crippen LogP contribution in [0.1, 0.15) is 24.0 Å². The molecule has 0 saturated carbocycles. The Morgan fingerprint density at radius 3 is 2.50 bits per heavy atom. The average molecular weight is 265 g/mol. The topological polar surface area (TPSA) is 35.2 Å². The number of hydrogen-bond acceptors (Lipinski definition) is 2. The van der Waals surface area contributed by atoms with Crippen LogP contribution in [0, 0.1) is 5.82 Å². The first kappa shape index (κ1) is 14.9. The molecule has 0 atom stereocenters. The monoisotopic (exact) mass is 265 g/mol. The zero-order valence-electron chi connectivity index (χ0n) is 9.77. The van der Waals surface area contributed by atoms with Crippen LogP contribution in [0.2, 0.25) is 0 Å². The predicted octanol–water partition coefficient (Wildman–Crippen LogP) is 3.14. The van der Waals surface area contributed by atoms with Gasteiger partial charge in [-0.3, -0.25) is 0 Å². The summed E-state index contributed by atoms with van der Waals surface area (Å²) in [5.74, 6) is -0.416. The molecule has 2 nitrogen and oxygen atoms in total. The second-order valence-electron chi connectivity index (χ2n) is 3.89. The van der Waals surface area contributed by atoms with Crippen molar-refractivity contribution < 1.29 is 22.3 Å². The van der Waals surface area contributed by atoms with Gasteiger partial charge >= 0.3 is 6.18 Å². The number of alkyl halides is 3. The smallest absolute Gasteiger partial charge is 0.377 e. The van der Waals surface area contributed by atoms with Crippen molar-refractivity contribution in [2.45, 2.75) is 32.2 Å². The number of halogens is 4. The SMILES string of the molecule is NCc1ccc(F)cc1COCCCC(F)(F)F. The van der Waals surface area contributed by atoms with Gasteiger partial charge in [0, 0.05) is 19.6 Å². The first-order valence-electron chi connectivity index (χ1n) is 5.54. The average Bonchev–Trinajstić information content (AvgIpc) is 2.27. The van der Waals surface area contributed by atoms with Crippen molar-refractivity contribution in [3.8, 4) is 0 Å². The van der Waals surface area contributed by atoms with E-state index in [0.29, 0.717) is 5.56 Å². The van der Waals surface area contributed by atoms with Crippen molar-refractivity contribution in [2.24, 2.45) is 5.73 Å². The third kappa shape index (κ3) is 5.46. The molecule has 0 unspecified atom stereocenters. The van der Waals surface area contributed by atoms with Gasteiger partial charge in [-0.2, -0.15) is 13.2 Å². The van der Waals surface area contributed by atoms with Gasteiger partial charge in [0.05, 0.1) is 6.61 Å². The van der Waals surface area contributed by atoms with Gasteiger partial charge in [-0.05, 0) is 29.7 Å². The molecule has 0 aliphatic heterocycles. The highest BCUT2D eigenvalue weighted by Crippen LogP contribution is 2.21. The van der Waals surface area contributed by atoms with E-state index < -0.39 is 18.4 Å². The Morgan fingerprint density at radius 1 is 1.17 bits per heavy atom. The number of hydrogen-bond donors (Lipinski definition) is 1. The standard InChI is InChI=1S/C12H15F4NO/c13-11-3-2-9(7-17)10(6-11)8-18-5-1-4-12(14,15)16/h2-3,6H,1,4-5,7-8,17H2. The maximum absolute atomic E-state index is 13.0. The molecule has 1 rings (SSSR count). The van der Waals surface area contributed by atoms with E-state index in [9.17, 15) is 17.6 Å². The molecule has 0 aromatic heterocycles. The van der Waals surface area contributed by atoms with Gasteiger partial charge in [0.1, 0.15) is 5.82 Å². The van der Waals surface area contributed by atoms with Crippen LogP contribution in [0.4, 0.5) is 17.6 Å². The Bertz CT molecular complexity index is 379. The second kappa shape index (κ2) is 6.70. The maximum Gasteiger partial charge on any atom is 0.389 e. The lowest BCUT2D eigenvalue weighted by Crippen LogP contribution is -2.09. The van der Waals surface area contributed by atoms with Crippen molar-refractivity contribution in [2.75, 3.05) is 6.61 Å². The summed E-state index contributed by atoms with van der Waals surface area (Å²) in [4.78, 5) is 0. The van der Waals surface area contributed by atoms with Crippen molar-refractivity contribution in [3.05, 3.63) is 35.1 Å². The highest BCUT2D eigenvalue weighted by Gasteiger charge is 2.25. The second-order valence-corrected chi connectivity index (χ2v) is 3.89. The molecule has 102 valence electrons. The minimum absolute atomic E-state index is 0.0139. The number of ether oxygens (including phenoxy) is 1. The molecule has 0 aliphatic rings. The minimum Gasteiger partial charge on any atom is -0.377 e. The summed E-state index contributed by atoms with van der Waals surface area (Å²) < 4.78 is 53.6. The molecule has 1 aromatic rings. The van der Waals surface area contributed by atoms with Gasteiger partial charge in [0.2, 0.25) is 0 Å².